The monoisotopic (exact) mass is 448 g/mol. The van der Waals surface area contributed by atoms with Crippen LogP contribution in [0.2, 0.25) is 31.2 Å². The van der Waals surface area contributed by atoms with Crippen molar-refractivity contribution < 1.29 is 13.9 Å². The van der Waals surface area contributed by atoms with E-state index in [1.807, 2.05) is 0 Å². The van der Waals surface area contributed by atoms with Gasteiger partial charge in [0.25, 0.3) is 0 Å². The molecule has 3 nitrogen and oxygen atoms in total. The van der Waals surface area contributed by atoms with E-state index in [4.69, 9.17) is 13.9 Å². The summed E-state index contributed by atoms with van der Waals surface area (Å²) in [7, 11) is -1.71. The second kappa shape index (κ2) is 9.41. The summed E-state index contributed by atoms with van der Waals surface area (Å²) in [6.45, 7) is 22.4. The lowest BCUT2D eigenvalue weighted by molar-refractivity contribution is -0.0627. The number of allylic oxidation sites excluding steroid dienone is 1. The van der Waals surface area contributed by atoms with Gasteiger partial charge in [-0.25, -0.2) is 0 Å². The molecular formula is C25H44O3Si2. The van der Waals surface area contributed by atoms with Crippen molar-refractivity contribution >= 4 is 21.6 Å². The molecule has 0 spiro atoms. The number of rotatable bonds is 11. The van der Waals surface area contributed by atoms with E-state index in [9.17, 15) is 0 Å². The number of ether oxygens (including phenoxy) is 2. The summed E-state index contributed by atoms with van der Waals surface area (Å²) in [6.07, 6.45) is 2.12. The Morgan fingerprint density at radius 3 is 2.13 bits per heavy atom. The molecule has 1 atom stereocenters. The van der Waals surface area contributed by atoms with Crippen molar-refractivity contribution in [2.45, 2.75) is 84.8 Å². The molecule has 170 valence electrons. The number of benzene rings is 1. The van der Waals surface area contributed by atoms with Crippen LogP contribution in [-0.2, 0) is 13.9 Å². The van der Waals surface area contributed by atoms with Crippen LogP contribution >= 0.6 is 0 Å². The summed E-state index contributed by atoms with van der Waals surface area (Å²) < 4.78 is 17.9. The van der Waals surface area contributed by atoms with E-state index >= 15 is 0 Å². The van der Waals surface area contributed by atoms with Crippen LogP contribution in [0, 0.1) is 5.41 Å². The van der Waals surface area contributed by atoms with Gasteiger partial charge in [0.05, 0.1) is 6.10 Å². The lowest BCUT2D eigenvalue weighted by Gasteiger charge is -2.36. The Balaban J connectivity index is 2.14. The quantitative estimate of drug-likeness (QED) is 0.227. The topological polar surface area (TPSA) is 27.7 Å². The van der Waals surface area contributed by atoms with Crippen LogP contribution in [0.4, 0.5) is 0 Å². The Morgan fingerprint density at radius 1 is 1.00 bits per heavy atom. The average Bonchev–Trinajstić information content (AvgIpc) is 3.24. The molecule has 1 aromatic rings. The van der Waals surface area contributed by atoms with Gasteiger partial charge in [0, 0.05) is 19.1 Å². The molecule has 0 amide bonds. The summed E-state index contributed by atoms with van der Waals surface area (Å²) in [5.41, 5.74) is 1.65. The maximum Gasteiger partial charge on any atom is 0.191 e. The van der Waals surface area contributed by atoms with E-state index < -0.39 is 16.4 Å². The fraction of sp³-hybridized carbons (Fsp3) is 0.680. The van der Waals surface area contributed by atoms with E-state index in [2.05, 4.69) is 91.1 Å². The highest BCUT2D eigenvalue weighted by atomic mass is 28.4. The Hall–Kier alpha value is -0.726. The predicted octanol–water partition coefficient (Wildman–Crippen LogP) is 6.27. The number of hydrogen-bond acceptors (Lipinski definition) is 3. The van der Waals surface area contributed by atoms with Crippen molar-refractivity contribution in [2.24, 2.45) is 5.41 Å². The van der Waals surface area contributed by atoms with Crippen molar-refractivity contribution in [2.75, 3.05) is 20.5 Å². The van der Waals surface area contributed by atoms with Gasteiger partial charge in [-0.05, 0) is 36.5 Å². The highest BCUT2D eigenvalue weighted by Crippen LogP contribution is 2.58. The smallest absolute Gasteiger partial charge is 0.191 e. The molecule has 0 saturated carbocycles. The molecule has 0 aliphatic heterocycles. The lowest BCUT2D eigenvalue weighted by Crippen LogP contribution is -2.42. The van der Waals surface area contributed by atoms with E-state index in [-0.39, 0.29) is 16.6 Å². The molecule has 1 unspecified atom stereocenters. The minimum absolute atomic E-state index is 0.119. The SMILES string of the molecule is COCOC(CCCO[Si](C)(C)C(C)(C)C)C1=C([Si](C)(C)c2ccccc2)C1(C)C. The van der Waals surface area contributed by atoms with Gasteiger partial charge in [0.15, 0.2) is 8.32 Å². The molecule has 1 aliphatic rings. The summed E-state index contributed by atoms with van der Waals surface area (Å²) in [6, 6.07) is 11.0. The van der Waals surface area contributed by atoms with Gasteiger partial charge in [-0.2, -0.15) is 0 Å². The molecule has 0 heterocycles. The molecule has 0 aromatic heterocycles. The Bertz CT molecular complexity index is 731. The molecule has 0 bridgehead atoms. The van der Waals surface area contributed by atoms with E-state index in [0.717, 1.165) is 19.4 Å². The first-order valence-electron chi connectivity index (χ1n) is 11.3. The molecule has 2 rings (SSSR count). The summed E-state index contributed by atoms with van der Waals surface area (Å²) in [5.74, 6) is 0. The van der Waals surface area contributed by atoms with Gasteiger partial charge in [-0.3, -0.25) is 0 Å². The Morgan fingerprint density at radius 2 is 1.60 bits per heavy atom. The van der Waals surface area contributed by atoms with Gasteiger partial charge in [-0.15, -0.1) is 0 Å². The largest absolute Gasteiger partial charge is 0.417 e. The van der Waals surface area contributed by atoms with Crippen LogP contribution in [0.3, 0.4) is 0 Å². The van der Waals surface area contributed by atoms with Gasteiger partial charge < -0.3 is 13.9 Å². The van der Waals surface area contributed by atoms with Crippen LogP contribution in [0.1, 0.15) is 47.5 Å². The van der Waals surface area contributed by atoms with Crippen molar-refractivity contribution in [3.8, 4) is 0 Å². The normalized spacial score (nSPS) is 17.9. The van der Waals surface area contributed by atoms with Crippen LogP contribution in [0.15, 0.2) is 41.1 Å². The fourth-order valence-electron chi connectivity index (χ4n) is 4.45. The molecule has 1 aromatic carbocycles. The van der Waals surface area contributed by atoms with Crippen LogP contribution in [-0.4, -0.2) is 43.0 Å². The molecule has 1 aliphatic carbocycles. The summed E-state index contributed by atoms with van der Waals surface area (Å²) in [4.78, 5) is 0. The Kier molecular flexibility index (Phi) is 8.01. The molecule has 0 fully saturated rings. The van der Waals surface area contributed by atoms with Gasteiger partial charge >= 0.3 is 0 Å². The van der Waals surface area contributed by atoms with Gasteiger partial charge in [0.1, 0.15) is 14.9 Å². The highest BCUT2D eigenvalue weighted by Gasteiger charge is 2.55. The molecule has 0 radical (unpaired) electrons. The summed E-state index contributed by atoms with van der Waals surface area (Å²) in [5, 5.41) is 3.39. The molecule has 0 N–H and O–H groups in total. The van der Waals surface area contributed by atoms with E-state index in [1.165, 1.54) is 10.8 Å². The molecule has 0 saturated heterocycles. The third-order valence-corrected chi connectivity index (χ3v) is 15.7. The maximum absolute atomic E-state index is 6.41. The van der Waals surface area contributed by atoms with E-state index in [0.29, 0.717) is 6.79 Å². The first-order chi connectivity index (χ1) is 13.8. The zero-order chi connectivity index (χ0) is 22.8. The fourth-order valence-corrected chi connectivity index (χ4v) is 9.64. The molecule has 5 heteroatoms. The third kappa shape index (κ3) is 5.54. The maximum atomic E-state index is 6.41. The second-order valence-corrected chi connectivity index (χ2v) is 20.4. The van der Waals surface area contributed by atoms with Crippen LogP contribution in [0.25, 0.3) is 0 Å². The molecular weight excluding hydrogens is 404 g/mol. The van der Waals surface area contributed by atoms with Gasteiger partial charge in [-0.1, -0.05) is 88.4 Å². The van der Waals surface area contributed by atoms with Crippen LogP contribution < -0.4 is 5.19 Å². The average molecular weight is 449 g/mol. The summed E-state index contributed by atoms with van der Waals surface area (Å²) >= 11 is 0. The van der Waals surface area contributed by atoms with Crippen molar-refractivity contribution in [3.05, 3.63) is 41.1 Å². The Labute approximate surface area is 187 Å². The highest BCUT2D eigenvalue weighted by molar-refractivity contribution is 6.97. The minimum Gasteiger partial charge on any atom is -0.417 e. The van der Waals surface area contributed by atoms with Crippen molar-refractivity contribution in [1.82, 2.24) is 0 Å². The second-order valence-electron chi connectivity index (χ2n) is 11.2. The van der Waals surface area contributed by atoms with Crippen molar-refractivity contribution in [3.63, 3.8) is 0 Å². The van der Waals surface area contributed by atoms with Crippen LogP contribution in [0.5, 0.6) is 0 Å². The number of hydrogen-bond donors (Lipinski definition) is 0. The lowest BCUT2D eigenvalue weighted by atomic mass is 10.0. The zero-order valence-electron chi connectivity index (χ0n) is 21.0. The van der Waals surface area contributed by atoms with Crippen molar-refractivity contribution in [1.29, 1.82) is 0 Å². The minimum atomic E-state index is -1.71. The van der Waals surface area contributed by atoms with E-state index in [1.54, 1.807) is 12.3 Å². The first kappa shape index (κ1) is 25.5. The zero-order valence-corrected chi connectivity index (χ0v) is 23.0. The standard InChI is InChI=1S/C25H44O3Si2/c1-24(2,3)30(9,10)28-18-14-17-21(27-19-26-6)22-23(25(22,4)5)29(7,8)20-15-12-11-13-16-20/h11-13,15-16,21H,14,17-19H2,1-10H3. The predicted molar refractivity (Wildman–Crippen MR) is 133 cm³/mol. The molecule has 30 heavy (non-hydrogen) atoms. The first-order valence-corrected chi connectivity index (χ1v) is 17.2. The van der Waals surface area contributed by atoms with Gasteiger partial charge in [0.2, 0.25) is 0 Å². The third-order valence-electron chi connectivity index (χ3n) is 7.21. The number of methoxy groups -OCH3 is 1.